The molecule has 0 saturated carbocycles. The van der Waals surface area contributed by atoms with Crippen molar-refractivity contribution >= 4 is 11.0 Å². The van der Waals surface area contributed by atoms with Crippen molar-refractivity contribution in [1.82, 2.24) is 19.7 Å². The molecule has 24 heavy (non-hydrogen) atoms. The van der Waals surface area contributed by atoms with Crippen LogP contribution < -0.4 is 0 Å². The van der Waals surface area contributed by atoms with Crippen LogP contribution in [0.2, 0.25) is 0 Å². The van der Waals surface area contributed by atoms with Gasteiger partial charge in [-0.2, -0.15) is 0 Å². The van der Waals surface area contributed by atoms with Crippen LogP contribution in [0.1, 0.15) is 25.1 Å². The monoisotopic (exact) mass is 328 g/mol. The second kappa shape index (κ2) is 5.68. The van der Waals surface area contributed by atoms with Gasteiger partial charge in [0.2, 0.25) is 5.89 Å². The number of hydrogen-bond donors (Lipinski definition) is 0. The van der Waals surface area contributed by atoms with Crippen molar-refractivity contribution in [2.24, 2.45) is 7.05 Å². The molecule has 1 aromatic carbocycles. The first kappa shape index (κ1) is 15.3. The van der Waals surface area contributed by atoms with Crippen LogP contribution in [-0.4, -0.2) is 39.6 Å². The van der Waals surface area contributed by atoms with Crippen LogP contribution in [0, 0.1) is 6.92 Å². The zero-order chi connectivity index (χ0) is 16.7. The van der Waals surface area contributed by atoms with E-state index in [0.29, 0.717) is 31.6 Å². The van der Waals surface area contributed by atoms with Gasteiger partial charge in [0, 0.05) is 25.6 Å². The summed E-state index contributed by atoms with van der Waals surface area (Å²) in [4.78, 5) is 4.55. The van der Waals surface area contributed by atoms with Gasteiger partial charge in [-0.3, -0.25) is 0 Å². The van der Waals surface area contributed by atoms with Crippen molar-refractivity contribution in [1.29, 1.82) is 0 Å². The molecule has 1 unspecified atom stereocenters. The highest BCUT2D eigenvalue weighted by molar-refractivity contribution is 5.80. The van der Waals surface area contributed by atoms with E-state index in [-0.39, 0.29) is 0 Å². The number of rotatable bonds is 4. The molecule has 3 heterocycles. The van der Waals surface area contributed by atoms with Gasteiger partial charge in [-0.05, 0) is 32.0 Å². The summed E-state index contributed by atoms with van der Waals surface area (Å²) in [7, 11) is 2.00. The second-order valence-electron chi connectivity index (χ2n) is 6.06. The highest BCUT2D eigenvalue weighted by atomic mass is 16.6. The first-order chi connectivity index (χ1) is 11.6. The van der Waals surface area contributed by atoms with E-state index in [1.807, 2.05) is 39.1 Å². The molecule has 0 amide bonds. The molecule has 2 aromatic heterocycles. The summed E-state index contributed by atoms with van der Waals surface area (Å²) in [5, 5.41) is 8.43. The lowest BCUT2D eigenvalue weighted by Crippen LogP contribution is -2.30. The topological polar surface area (TPSA) is 75.2 Å². The Morgan fingerprint density at radius 3 is 2.96 bits per heavy atom. The quantitative estimate of drug-likeness (QED) is 0.733. The van der Waals surface area contributed by atoms with Crippen molar-refractivity contribution in [2.75, 3.05) is 19.8 Å². The Bertz CT molecular complexity index is 877. The molecular formula is C17H20N4O3. The first-order valence-corrected chi connectivity index (χ1v) is 8.12. The minimum Gasteiger partial charge on any atom is -0.417 e. The Labute approximate surface area is 139 Å². The summed E-state index contributed by atoms with van der Waals surface area (Å²) in [6, 6.07) is 5.96. The van der Waals surface area contributed by atoms with Crippen molar-refractivity contribution in [3.05, 3.63) is 29.9 Å². The van der Waals surface area contributed by atoms with E-state index in [1.165, 1.54) is 0 Å². The van der Waals surface area contributed by atoms with Gasteiger partial charge in [-0.25, -0.2) is 4.98 Å². The second-order valence-corrected chi connectivity index (χ2v) is 6.06. The van der Waals surface area contributed by atoms with Crippen LogP contribution in [0.4, 0.5) is 0 Å². The third kappa shape index (κ3) is 2.32. The van der Waals surface area contributed by atoms with Crippen molar-refractivity contribution in [3.63, 3.8) is 0 Å². The fraction of sp³-hybridized carbons (Fsp3) is 0.471. The van der Waals surface area contributed by atoms with Gasteiger partial charge in [-0.15, -0.1) is 10.2 Å². The molecule has 126 valence electrons. The molecule has 0 bridgehead atoms. The Kier molecular flexibility index (Phi) is 3.62. The minimum absolute atomic E-state index is 0.445. The largest absolute Gasteiger partial charge is 0.417 e. The highest BCUT2D eigenvalue weighted by Crippen LogP contribution is 2.35. The van der Waals surface area contributed by atoms with Gasteiger partial charge in [0.25, 0.3) is 5.89 Å². The maximum atomic E-state index is 5.93. The molecule has 1 aliphatic rings. The zero-order valence-corrected chi connectivity index (χ0v) is 14.1. The van der Waals surface area contributed by atoms with Crippen LogP contribution in [0.5, 0.6) is 0 Å². The summed E-state index contributed by atoms with van der Waals surface area (Å²) < 4.78 is 19.4. The predicted octanol–water partition coefficient (Wildman–Crippen LogP) is 2.58. The summed E-state index contributed by atoms with van der Waals surface area (Å²) in [6.07, 6.45) is 0.723. The maximum absolute atomic E-state index is 5.93. The van der Waals surface area contributed by atoms with Gasteiger partial charge >= 0.3 is 0 Å². The summed E-state index contributed by atoms with van der Waals surface area (Å²) in [6.45, 7) is 5.59. The van der Waals surface area contributed by atoms with Crippen molar-refractivity contribution in [2.45, 2.75) is 25.9 Å². The lowest BCUT2D eigenvalue weighted by molar-refractivity contribution is -0.0657. The molecule has 4 rings (SSSR count). The predicted molar refractivity (Wildman–Crippen MR) is 87.5 cm³/mol. The molecule has 3 aromatic rings. The van der Waals surface area contributed by atoms with Gasteiger partial charge < -0.3 is 18.5 Å². The van der Waals surface area contributed by atoms with Gasteiger partial charge in [0.15, 0.2) is 5.60 Å². The number of aryl methyl sites for hydroxylation is 2. The first-order valence-electron chi connectivity index (χ1n) is 8.12. The fourth-order valence-corrected chi connectivity index (χ4v) is 3.14. The van der Waals surface area contributed by atoms with E-state index in [0.717, 1.165) is 28.8 Å². The molecule has 7 nitrogen and oxygen atoms in total. The molecule has 1 aliphatic heterocycles. The Balaban J connectivity index is 1.72. The SMILES string of the molecule is CCOC1(c2nnc(-c3ccc4c(c3)nc(C)n4C)o2)CCOC1. The molecule has 0 aliphatic carbocycles. The van der Waals surface area contributed by atoms with E-state index in [9.17, 15) is 0 Å². The number of nitrogens with zero attached hydrogens (tertiary/aromatic N) is 4. The minimum atomic E-state index is -0.619. The zero-order valence-electron chi connectivity index (χ0n) is 14.1. The van der Waals surface area contributed by atoms with E-state index in [4.69, 9.17) is 13.9 Å². The van der Waals surface area contributed by atoms with E-state index in [2.05, 4.69) is 19.7 Å². The fourth-order valence-electron chi connectivity index (χ4n) is 3.14. The molecule has 1 atom stereocenters. The molecule has 0 spiro atoms. The van der Waals surface area contributed by atoms with Crippen LogP contribution >= 0.6 is 0 Å². The maximum Gasteiger partial charge on any atom is 0.251 e. The Morgan fingerprint density at radius 2 is 2.21 bits per heavy atom. The van der Waals surface area contributed by atoms with Gasteiger partial charge in [0.1, 0.15) is 5.82 Å². The Hall–Kier alpha value is -2.25. The molecule has 1 saturated heterocycles. The third-order valence-electron chi connectivity index (χ3n) is 4.57. The lowest BCUT2D eigenvalue weighted by atomic mass is 10.0. The summed E-state index contributed by atoms with van der Waals surface area (Å²) >= 11 is 0. The van der Waals surface area contributed by atoms with Gasteiger partial charge in [-0.1, -0.05) is 0 Å². The highest BCUT2D eigenvalue weighted by Gasteiger charge is 2.43. The van der Waals surface area contributed by atoms with Crippen molar-refractivity contribution < 1.29 is 13.9 Å². The van der Waals surface area contributed by atoms with E-state index in [1.54, 1.807) is 0 Å². The smallest absolute Gasteiger partial charge is 0.251 e. The van der Waals surface area contributed by atoms with Gasteiger partial charge in [0.05, 0.1) is 24.2 Å². The average molecular weight is 328 g/mol. The lowest BCUT2D eigenvalue weighted by Gasteiger charge is -2.22. The molecule has 0 N–H and O–H groups in total. The number of hydrogen-bond acceptors (Lipinski definition) is 6. The number of benzene rings is 1. The number of fused-ring (bicyclic) bond motifs is 1. The molecule has 1 fully saturated rings. The normalized spacial score (nSPS) is 21.0. The standard InChI is InChI=1S/C17H20N4O3/c1-4-23-17(7-8-22-10-17)16-20-19-15(24-16)12-5-6-14-13(9-12)18-11(2)21(14)3/h5-6,9H,4,7-8,10H2,1-3H3. The third-order valence-corrected chi connectivity index (χ3v) is 4.57. The Morgan fingerprint density at radius 1 is 1.33 bits per heavy atom. The number of aromatic nitrogens is 4. The number of ether oxygens (including phenoxy) is 2. The van der Waals surface area contributed by atoms with Crippen LogP contribution in [0.3, 0.4) is 0 Å². The van der Waals surface area contributed by atoms with Crippen LogP contribution in [0.15, 0.2) is 22.6 Å². The average Bonchev–Trinajstić information content (AvgIpc) is 3.29. The van der Waals surface area contributed by atoms with Crippen molar-refractivity contribution in [3.8, 4) is 11.5 Å². The summed E-state index contributed by atoms with van der Waals surface area (Å²) in [5.41, 5.74) is 2.22. The van der Waals surface area contributed by atoms with Crippen LogP contribution in [-0.2, 0) is 22.1 Å². The van der Waals surface area contributed by atoms with E-state index < -0.39 is 5.60 Å². The van der Waals surface area contributed by atoms with E-state index >= 15 is 0 Å². The van der Waals surface area contributed by atoms with Crippen LogP contribution in [0.25, 0.3) is 22.5 Å². The summed E-state index contributed by atoms with van der Waals surface area (Å²) in [5.74, 6) is 1.92. The molecular weight excluding hydrogens is 308 g/mol. The molecule has 0 radical (unpaired) electrons. The molecule has 7 heteroatoms. The number of imidazole rings is 1.